The third kappa shape index (κ3) is 2.63. The summed E-state index contributed by atoms with van der Waals surface area (Å²) in [5.74, 6) is 0. The number of aryl methyl sites for hydroxylation is 3. The number of nitrogens with one attached hydrogen (secondary N) is 1. The molecule has 0 aliphatic rings. The van der Waals surface area contributed by atoms with Gasteiger partial charge in [-0.05, 0) is 36.2 Å². The molecule has 0 amide bonds. The Balaban J connectivity index is 2.50. The first kappa shape index (κ1) is 14.8. The van der Waals surface area contributed by atoms with Gasteiger partial charge in [0, 0.05) is 18.3 Å². The molecule has 0 aromatic carbocycles. The average Bonchev–Trinajstić information content (AvgIpc) is 2.72. The van der Waals surface area contributed by atoms with E-state index in [9.17, 15) is 9.59 Å². The summed E-state index contributed by atoms with van der Waals surface area (Å²) in [5, 5.41) is 4.50. The van der Waals surface area contributed by atoms with E-state index >= 15 is 0 Å². The van der Waals surface area contributed by atoms with Crippen LogP contribution in [0.2, 0.25) is 0 Å². The Labute approximate surface area is 124 Å². The van der Waals surface area contributed by atoms with Crippen LogP contribution in [0.25, 0.3) is 0 Å². The van der Waals surface area contributed by atoms with E-state index in [0.29, 0.717) is 12.1 Å². The van der Waals surface area contributed by atoms with Crippen LogP contribution < -0.4 is 11.2 Å². The number of aromatic nitrogens is 4. The van der Waals surface area contributed by atoms with E-state index in [2.05, 4.69) is 26.0 Å². The number of rotatable bonds is 4. The van der Waals surface area contributed by atoms with Crippen molar-refractivity contribution in [3.8, 4) is 0 Å². The van der Waals surface area contributed by atoms with Gasteiger partial charge in [-0.2, -0.15) is 5.10 Å². The molecule has 0 saturated heterocycles. The lowest BCUT2D eigenvalue weighted by molar-refractivity contribution is 0.582. The van der Waals surface area contributed by atoms with Crippen LogP contribution in [0.3, 0.4) is 0 Å². The predicted molar refractivity (Wildman–Crippen MR) is 80.1 cm³/mol. The van der Waals surface area contributed by atoms with Gasteiger partial charge in [0.2, 0.25) is 0 Å². The largest absolute Gasteiger partial charge is 0.328 e. The Morgan fingerprint density at radius 3 is 2.65 bits per heavy atom. The normalized spacial score (nSPS) is 11.0. The van der Waals surface area contributed by atoms with Gasteiger partial charge in [-0.25, -0.2) is 4.79 Å². The van der Waals surface area contributed by atoms with Crippen LogP contribution in [-0.4, -0.2) is 19.3 Å². The summed E-state index contributed by atoms with van der Waals surface area (Å²) in [6.45, 7) is 6.82. The quantitative estimate of drug-likeness (QED) is 0.915. The smallest absolute Gasteiger partial charge is 0.294 e. The summed E-state index contributed by atoms with van der Waals surface area (Å²) in [7, 11) is 0. The highest BCUT2D eigenvalue weighted by molar-refractivity contribution is 9.10. The van der Waals surface area contributed by atoms with Crippen LogP contribution in [0.4, 0.5) is 0 Å². The number of halogens is 1. The van der Waals surface area contributed by atoms with Gasteiger partial charge < -0.3 is 0 Å². The van der Waals surface area contributed by atoms with Crippen molar-refractivity contribution in [2.75, 3.05) is 0 Å². The van der Waals surface area contributed by atoms with E-state index in [1.807, 2.05) is 18.5 Å². The van der Waals surface area contributed by atoms with Gasteiger partial charge in [0.15, 0.2) is 0 Å². The van der Waals surface area contributed by atoms with Gasteiger partial charge in [0.25, 0.3) is 5.56 Å². The molecule has 0 radical (unpaired) electrons. The average molecular weight is 341 g/mol. The molecule has 7 heteroatoms. The molecule has 6 nitrogen and oxygen atoms in total. The second-order valence-corrected chi connectivity index (χ2v) is 5.37. The molecule has 0 bridgehead atoms. The van der Waals surface area contributed by atoms with Crippen molar-refractivity contribution in [2.24, 2.45) is 0 Å². The molecule has 0 aliphatic carbocycles. The number of hydrogen-bond acceptors (Lipinski definition) is 3. The molecule has 0 fully saturated rings. The minimum Gasteiger partial charge on any atom is -0.294 e. The van der Waals surface area contributed by atoms with Crippen LogP contribution in [0, 0.1) is 6.92 Å². The summed E-state index contributed by atoms with van der Waals surface area (Å²) in [4.78, 5) is 25.5. The maximum absolute atomic E-state index is 11.8. The minimum absolute atomic E-state index is 0.344. The molecule has 0 aliphatic heterocycles. The predicted octanol–water partition coefficient (Wildman–Crippen LogP) is 1.43. The molecule has 0 saturated carbocycles. The first-order valence-electron chi connectivity index (χ1n) is 6.52. The molecule has 2 aromatic rings. The summed E-state index contributed by atoms with van der Waals surface area (Å²) in [6, 6.07) is 0. The van der Waals surface area contributed by atoms with E-state index in [-0.39, 0.29) is 5.56 Å². The molecule has 20 heavy (non-hydrogen) atoms. The fourth-order valence-electron chi connectivity index (χ4n) is 2.07. The lowest BCUT2D eigenvalue weighted by atomic mass is 10.3. The lowest BCUT2D eigenvalue weighted by Gasteiger charge is -2.08. The monoisotopic (exact) mass is 340 g/mol. The van der Waals surface area contributed by atoms with Gasteiger partial charge in [-0.1, -0.05) is 6.92 Å². The number of nitrogens with zero attached hydrogens (tertiary/aromatic N) is 3. The first-order valence-corrected chi connectivity index (χ1v) is 7.31. The maximum Gasteiger partial charge on any atom is 0.328 e. The number of aromatic amines is 1. The molecular formula is C13H17BrN4O2. The molecular weight excluding hydrogens is 324 g/mol. The van der Waals surface area contributed by atoms with Crippen LogP contribution in [0.1, 0.15) is 30.8 Å². The van der Waals surface area contributed by atoms with Crippen molar-refractivity contribution >= 4 is 15.9 Å². The maximum atomic E-state index is 11.8. The van der Waals surface area contributed by atoms with E-state index in [4.69, 9.17) is 0 Å². The Bertz CT molecular complexity index is 742. The number of hydrogen-bond donors (Lipinski definition) is 1. The van der Waals surface area contributed by atoms with Crippen molar-refractivity contribution in [3.63, 3.8) is 0 Å². The molecule has 0 atom stereocenters. The van der Waals surface area contributed by atoms with Gasteiger partial charge in [0.1, 0.15) is 0 Å². The SMILES string of the molecule is CCc1nn(CC)c(Cn2cc(C)c(=O)[nH]c2=O)c1Br. The fourth-order valence-corrected chi connectivity index (χ4v) is 2.76. The zero-order chi connectivity index (χ0) is 14.9. The van der Waals surface area contributed by atoms with Crippen molar-refractivity contribution in [1.29, 1.82) is 0 Å². The first-order chi connectivity index (χ1) is 9.47. The number of H-pyrrole nitrogens is 1. The zero-order valence-electron chi connectivity index (χ0n) is 11.7. The van der Waals surface area contributed by atoms with E-state index < -0.39 is 5.69 Å². The summed E-state index contributed by atoms with van der Waals surface area (Å²) >= 11 is 3.55. The van der Waals surface area contributed by atoms with E-state index in [0.717, 1.165) is 28.8 Å². The molecule has 2 aromatic heterocycles. The topological polar surface area (TPSA) is 72.7 Å². The van der Waals surface area contributed by atoms with Crippen molar-refractivity contribution in [3.05, 3.63) is 48.5 Å². The molecule has 108 valence electrons. The minimum atomic E-state index is -0.408. The Kier molecular flexibility index (Phi) is 4.27. The van der Waals surface area contributed by atoms with Gasteiger partial charge >= 0.3 is 5.69 Å². The summed E-state index contributed by atoms with van der Waals surface area (Å²) in [5.41, 5.74) is 1.66. The zero-order valence-corrected chi connectivity index (χ0v) is 13.3. The van der Waals surface area contributed by atoms with Gasteiger partial charge in [-0.3, -0.25) is 19.0 Å². The van der Waals surface area contributed by atoms with Crippen LogP contribution in [0.15, 0.2) is 20.3 Å². The molecule has 0 spiro atoms. The summed E-state index contributed by atoms with van der Waals surface area (Å²) in [6.07, 6.45) is 2.40. The highest BCUT2D eigenvalue weighted by Crippen LogP contribution is 2.22. The molecule has 0 unspecified atom stereocenters. The van der Waals surface area contributed by atoms with Gasteiger partial charge in [0.05, 0.1) is 22.4 Å². The second kappa shape index (κ2) is 5.78. The third-order valence-corrected chi connectivity index (χ3v) is 4.12. The molecule has 1 N–H and O–H groups in total. The van der Waals surface area contributed by atoms with Crippen molar-refractivity contribution in [1.82, 2.24) is 19.3 Å². The highest BCUT2D eigenvalue weighted by Gasteiger charge is 2.15. The van der Waals surface area contributed by atoms with E-state index in [1.165, 1.54) is 4.57 Å². The van der Waals surface area contributed by atoms with Crippen molar-refractivity contribution in [2.45, 2.75) is 40.3 Å². The van der Waals surface area contributed by atoms with Crippen molar-refractivity contribution < 1.29 is 0 Å². The Hall–Kier alpha value is -1.63. The standard InChI is InChI=1S/C13H17BrN4O2/c1-4-9-11(14)10(18(5-2)16-9)7-17-6-8(3)12(19)15-13(17)20/h6H,4-5,7H2,1-3H3,(H,15,19,20). The fraction of sp³-hybridized carbons (Fsp3) is 0.462. The van der Waals surface area contributed by atoms with Gasteiger partial charge in [-0.15, -0.1) is 0 Å². The van der Waals surface area contributed by atoms with Crippen LogP contribution >= 0.6 is 15.9 Å². The second-order valence-electron chi connectivity index (χ2n) is 4.58. The van der Waals surface area contributed by atoms with Crippen LogP contribution in [-0.2, 0) is 19.5 Å². The lowest BCUT2D eigenvalue weighted by Crippen LogP contribution is -2.31. The summed E-state index contributed by atoms with van der Waals surface area (Å²) < 4.78 is 4.29. The Morgan fingerprint density at radius 1 is 1.35 bits per heavy atom. The highest BCUT2D eigenvalue weighted by atomic mass is 79.9. The third-order valence-electron chi connectivity index (χ3n) is 3.20. The van der Waals surface area contributed by atoms with E-state index in [1.54, 1.807) is 13.1 Å². The Morgan fingerprint density at radius 2 is 2.05 bits per heavy atom. The molecule has 2 rings (SSSR count). The van der Waals surface area contributed by atoms with Crippen LogP contribution in [0.5, 0.6) is 0 Å². The molecule has 2 heterocycles.